The lowest BCUT2D eigenvalue weighted by atomic mass is 10.2. The average Bonchev–Trinajstić information content (AvgIpc) is 2.47. The third-order valence-corrected chi connectivity index (χ3v) is 3.12. The fourth-order valence-electron chi connectivity index (χ4n) is 1.99. The molecule has 0 aliphatic carbocycles. The Balaban J connectivity index is -0.000001000. The van der Waals surface area contributed by atoms with Crippen molar-refractivity contribution in [2.45, 2.75) is 26.1 Å². The fraction of sp³-hybridized carbons (Fsp3) is 0.294. The predicted molar refractivity (Wildman–Crippen MR) is 110 cm³/mol. The summed E-state index contributed by atoms with van der Waals surface area (Å²) in [5, 5.41) is 7.00. The Bertz CT molecular complexity index is 469. The normalized spacial score (nSPS) is 10.1. The van der Waals surface area contributed by atoms with Crippen LogP contribution in [-0.4, -0.2) is 12.6 Å². The maximum Gasteiger partial charge on any atom is 0.0208 e. The van der Waals surface area contributed by atoms with Gasteiger partial charge in [-0.25, -0.2) is 0 Å². The highest BCUT2D eigenvalue weighted by Gasteiger charge is 2.00. The van der Waals surface area contributed by atoms with Gasteiger partial charge in [0.2, 0.25) is 0 Å². The zero-order valence-corrected chi connectivity index (χ0v) is 16.4. The Labute approximate surface area is 164 Å². The van der Waals surface area contributed by atoms with Gasteiger partial charge in [-0.1, -0.05) is 60.7 Å². The number of hydrogen-bond donors (Lipinski definition) is 2. The van der Waals surface area contributed by atoms with Crippen LogP contribution in [0.15, 0.2) is 60.7 Å². The highest BCUT2D eigenvalue weighted by molar-refractivity contribution is 5.86. The van der Waals surface area contributed by atoms with Crippen molar-refractivity contribution in [3.8, 4) is 0 Å². The molecule has 6 heteroatoms. The molecule has 2 aromatic rings. The molecular weight excluding hydrogens is 374 g/mol. The highest BCUT2D eigenvalue weighted by atomic mass is 35.5. The van der Waals surface area contributed by atoms with E-state index in [2.05, 4.69) is 66.1 Å². The molecule has 0 saturated heterocycles. The first-order valence-corrected chi connectivity index (χ1v) is 6.86. The minimum absolute atomic E-state index is 0. The van der Waals surface area contributed by atoms with Crippen molar-refractivity contribution in [3.05, 3.63) is 71.8 Å². The first kappa shape index (κ1) is 27.4. The molecule has 23 heavy (non-hydrogen) atoms. The smallest absolute Gasteiger partial charge is 0.0208 e. The van der Waals surface area contributed by atoms with E-state index in [1.807, 2.05) is 12.1 Å². The highest BCUT2D eigenvalue weighted by Crippen LogP contribution is 1.99. The number of hydrogen-bond acceptors (Lipinski definition) is 2. The molecule has 0 amide bonds. The Morgan fingerprint density at radius 2 is 1.13 bits per heavy atom. The van der Waals surface area contributed by atoms with Crippen LogP contribution >= 0.6 is 49.6 Å². The monoisotopic (exact) mass is 398 g/mol. The lowest BCUT2D eigenvalue weighted by Gasteiger charge is -2.14. The Hall–Kier alpha value is -0.480. The maximum atomic E-state index is 3.52. The molecule has 132 valence electrons. The molecule has 1 atom stereocenters. The molecule has 0 aliphatic heterocycles. The van der Waals surface area contributed by atoms with Crippen LogP contribution in [0.4, 0.5) is 0 Å². The lowest BCUT2D eigenvalue weighted by Crippen LogP contribution is -2.35. The third kappa shape index (κ3) is 11.7. The lowest BCUT2D eigenvalue weighted by molar-refractivity contribution is 0.501. The molecular formula is C17H26Cl4N2. The van der Waals surface area contributed by atoms with E-state index in [0.717, 1.165) is 19.6 Å². The molecule has 0 aliphatic rings. The molecule has 0 bridgehead atoms. The second kappa shape index (κ2) is 16.4. The summed E-state index contributed by atoms with van der Waals surface area (Å²) in [5.41, 5.74) is 2.66. The Morgan fingerprint density at radius 1 is 0.696 bits per heavy atom. The number of rotatable bonds is 7. The second-order valence-corrected chi connectivity index (χ2v) is 4.88. The van der Waals surface area contributed by atoms with E-state index in [-0.39, 0.29) is 49.6 Å². The van der Waals surface area contributed by atoms with Gasteiger partial charge >= 0.3 is 0 Å². The van der Waals surface area contributed by atoms with Crippen LogP contribution in [0.3, 0.4) is 0 Å². The number of nitrogens with one attached hydrogen (secondary N) is 2. The van der Waals surface area contributed by atoms with Gasteiger partial charge in [-0.05, 0) is 18.1 Å². The largest absolute Gasteiger partial charge is 0.311 e. The summed E-state index contributed by atoms with van der Waals surface area (Å²) >= 11 is 0. The molecule has 0 saturated carbocycles. The molecule has 0 fully saturated rings. The minimum atomic E-state index is 0. The maximum absolute atomic E-state index is 3.52. The Morgan fingerprint density at radius 3 is 1.61 bits per heavy atom. The van der Waals surface area contributed by atoms with Gasteiger partial charge in [0, 0.05) is 25.7 Å². The third-order valence-electron chi connectivity index (χ3n) is 3.12. The number of halogens is 4. The summed E-state index contributed by atoms with van der Waals surface area (Å²) in [6.45, 7) is 5.04. The van der Waals surface area contributed by atoms with Crippen LogP contribution in [0.25, 0.3) is 0 Å². The SMILES string of the molecule is CC(CNCc1ccccc1)NCc1ccccc1.Cl.Cl.Cl.Cl. The summed E-state index contributed by atoms with van der Waals surface area (Å²) < 4.78 is 0. The van der Waals surface area contributed by atoms with E-state index in [9.17, 15) is 0 Å². The molecule has 0 aromatic heterocycles. The van der Waals surface area contributed by atoms with Crippen LogP contribution in [0.2, 0.25) is 0 Å². The van der Waals surface area contributed by atoms with Gasteiger partial charge in [-0.3, -0.25) is 0 Å². The van der Waals surface area contributed by atoms with Crippen molar-refractivity contribution < 1.29 is 0 Å². The fourth-order valence-corrected chi connectivity index (χ4v) is 1.99. The standard InChI is InChI=1S/C17H22N2.4ClH/c1-15(19-14-17-10-6-3-7-11-17)12-18-13-16-8-4-2-5-9-16;;;;/h2-11,15,18-19H,12-14H2,1H3;4*1H. The first-order valence-electron chi connectivity index (χ1n) is 6.86. The van der Waals surface area contributed by atoms with Gasteiger partial charge in [0.05, 0.1) is 0 Å². The molecule has 2 nitrogen and oxygen atoms in total. The van der Waals surface area contributed by atoms with E-state index in [1.54, 1.807) is 0 Å². The second-order valence-electron chi connectivity index (χ2n) is 4.88. The van der Waals surface area contributed by atoms with Gasteiger partial charge in [0.25, 0.3) is 0 Å². The average molecular weight is 400 g/mol. The van der Waals surface area contributed by atoms with E-state index in [1.165, 1.54) is 11.1 Å². The molecule has 0 heterocycles. The molecule has 1 unspecified atom stereocenters. The van der Waals surface area contributed by atoms with Gasteiger partial charge in [-0.15, -0.1) is 49.6 Å². The molecule has 0 spiro atoms. The molecule has 2 N–H and O–H groups in total. The van der Waals surface area contributed by atoms with Crippen LogP contribution in [0.5, 0.6) is 0 Å². The van der Waals surface area contributed by atoms with E-state index >= 15 is 0 Å². The summed E-state index contributed by atoms with van der Waals surface area (Å²) in [6, 6.07) is 21.5. The van der Waals surface area contributed by atoms with Crippen molar-refractivity contribution in [2.24, 2.45) is 0 Å². The summed E-state index contributed by atoms with van der Waals surface area (Å²) in [7, 11) is 0. The van der Waals surface area contributed by atoms with Crippen molar-refractivity contribution >= 4 is 49.6 Å². The zero-order valence-electron chi connectivity index (χ0n) is 13.1. The Kier molecular flexibility index (Phi) is 19.5. The summed E-state index contributed by atoms with van der Waals surface area (Å²) in [4.78, 5) is 0. The van der Waals surface area contributed by atoms with Crippen molar-refractivity contribution in [3.63, 3.8) is 0 Å². The molecule has 2 aromatic carbocycles. The first-order chi connectivity index (χ1) is 9.34. The summed E-state index contributed by atoms with van der Waals surface area (Å²) in [6.07, 6.45) is 0. The van der Waals surface area contributed by atoms with Crippen LogP contribution in [0, 0.1) is 0 Å². The van der Waals surface area contributed by atoms with Gasteiger partial charge in [0.15, 0.2) is 0 Å². The summed E-state index contributed by atoms with van der Waals surface area (Å²) in [5.74, 6) is 0. The quantitative estimate of drug-likeness (QED) is 0.708. The van der Waals surface area contributed by atoms with E-state index < -0.39 is 0 Å². The number of benzene rings is 2. The zero-order chi connectivity index (χ0) is 13.3. The minimum Gasteiger partial charge on any atom is -0.311 e. The topological polar surface area (TPSA) is 24.1 Å². The van der Waals surface area contributed by atoms with Crippen LogP contribution in [0.1, 0.15) is 18.1 Å². The van der Waals surface area contributed by atoms with Crippen molar-refractivity contribution in [1.29, 1.82) is 0 Å². The van der Waals surface area contributed by atoms with E-state index in [4.69, 9.17) is 0 Å². The van der Waals surface area contributed by atoms with Gasteiger partial charge in [-0.2, -0.15) is 0 Å². The van der Waals surface area contributed by atoms with Crippen molar-refractivity contribution in [1.82, 2.24) is 10.6 Å². The van der Waals surface area contributed by atoms with Gasteiger partial charge in [0.1, 0.15) is 0 Å². The van der Waals surface area contributed by atoms with Crippen LogP contribution < -0.4 is 10.6 Å². The predicted octanol–water partition coefficient (Wildman–Crippen LogP) is 4.64. The van der Waals surface area contributed by atoms with Crippen molar-refractivity contribution in [2.75, 3.05) is 6.54 Å². The molecule has 0 radical (unpaired) electrons. The molecule has 2 rings (SSSR count). The van der Waals surface area contributed by atoms with E-state index in [0.29, 0.717) is 6.04 Å². The van der Waals surface area contributed by atoms with Gasteiger partial charge < -0.3 is 10.6 Å². The van der Waals surface area contributed by atoms with Crippen LogP contribution in [-0.2, 0) is 13.1 Å².